The summed E-state index contributed by atoms with van der Waals surface area (Å²) >= 11 is 0. The molecule has 0 unspecified atom stereocenters. The fourth-order valence-electron chi connectivity index (χ4n) is 2.22. The van der Waals surface area contributed by atoms with Crippen LogP contribution in [0.2, 0.25) is 0 Å². The SMILES string of the molecule is Cc1c([N+](=O)[O-])cccc1S(=O)(=O)N(C)Cc1ccc(F)cc1F. The molecule has 0 atom stereocenters. The summed E-state index contributed by atoms with van der Waals surface area (Å²) in [5.74, 6) is -1.64. The molecule has 2 aromatic rings. The minimum absolute atomic E-state index is 0.00562. The first-order chi connectivity index (χ1) is 11.1. The van der Waals surface area contributed by atoms with Gasteiger partial charge >= 0.3 is 0 Å². The number of nitro benzene ring substituents is 1. The Hall–Kier alpha value is -2.39. The Kier molecular flexibility index (Phi) is 4.95. The molecule has 0 bridgehead atoms. The molecule has 0 saturated heterocycles. The fraction of sp³-hybridized carbons (Fsp3) is 0.200. The minimum atomic E-state index is -4.08. The van der Waals surface area contributed by atoms with E-state index < -0.39 is 26.6 Å². The number of hydrogen-bond acceptors (Lipinski definition) is 4. The van der Waals surface area contributed by atoms with Gasteiger partial charge in [-0.2, -0.15) is 4.31 Å². The van der Waals surface area contributed by atoms with Crippen molar-refractivity contribution < 1.29 is 22.1 Å². The molecule has 0 N–H and O–H groups in total. The summed E-state index contributed by atoms with van der Waals surface area (Å²) in [7, 11) is -2.86. The van der Waals surface area contributed by atoms with Gasteiger partial charge in [0, 0.05) is 36.9 Å². The van der Waals surface area contributed by atoms with Crippen LogP contribution in [0.1, 0.15) is 11.1 Å². The fourth-order valence-corrected chi connectivity index (χ4v) is 3.61. The van der Waals surface area contributed by atoms with Gasteiger partial charge in [-0.25, -0.2) is 17.2 Å². The lowest BCUT2D eigenvalue weighted by atomic mass is 10.2. The van der Waals surface area contributed by atoms with Crippen molar-refractivity contribution in [1.29, 1.82) is 0 Å². The van der Waals surface area contributed by atoms with Crippen LogP contribution in [0.4, 0.5) is 14.5 Å². The van der Waals surface area contributed by atoms with Crippen molar-refractivity contribution in [3.63, 3.8) is 0 Å². The average molecular weight is 356 g/mol. The molecule has 0 aliphatic heterocycles. The molecule has 2 rings (SSSR count). The van der Waals surface area contributed by atoms with Crippen molar-refractivity contribution in [2.24, 2.45) is 0 Å². The van der Waals surface area contributed by atoms with E-state index in [-0.39, 0.29) is 28.3 Å². The molecule has 0 amide bonds. The lowest BCUT2D eigenvalue weighted by Gasteiger charge is -2.19. The molecule has 0 aliphatic carbocycles. The van der Waals surface area contributed by atoms with Gasteiger partial charge in [0.1, 0.15) is 11.6 Å². The highest BCUT2D eigenvalue weighted by atomic mass is 32.2. The van der Waals surface area contributed by atoms with Crippen molar-refractivity contribution in [3.8, 4) is 0 Å². The van der Waals surface area contributed by atoms with E-state index in [0.29, 0.717) is 6.07 Å². The maximum atomic E-state index is 13.7. The number of halogens is 2. The minimum Gasteiger partial charge on any atom is -0.258 e. The standard InChI is InChI=1S/C15H14F2N2O4S/c1-10-14(19(20)21)4-3-5-15(10)24(22,23)18(2)9-11-6-7-12(16)8-13(11)17/h3-8H,9H2,1-2H3. The Morgan fingerprint density at radius 2 is 1.88 bits per heavy atom. The number of nitro groups is 1. The first-order valence-corrected chi connectivity index (χ1v) is 8.23. The summed E-state index contributed by atoms with van der Waals surface area (Å²) in [5.41, 5.74) is -0.336. The van der Waals surface area contributed by atoms with Crippen molar-refractivity contribution in [3.05, 3.63) is 69.3 Å². The Balaban J connectivity index is 2.40. The topological polar surface area (TPSA) is 80.5 Å². The van der Waals surface area contributed by atoms with Crippen LogP contribution in [0, 0.1) is 28.7 Å². The van der Waals surface area contributed by atoms with Crippen LogP contribution in [0.5, 0.6) is 0 Å². The third-order valence-electron chi connectivity index (χ3n) is 3.55. The summed E-state index contributed by atoms with van der Waals surface area (Å²) in [6.07, 6.45) is 0. The number of rotatable bonds is 5. The Morgan fingerprint density at radius 3 is 2.46 bits per heavy atom. The molecule has 2 aromatic carbocycles. The molecule has 6 nitrogen and oxygen atoms in total. The van der Waals surface area contributed by atoms with Crippen molar-refractivity contribution >= 4 is 15.7 Å². The van der Waals surface area contributed by atoms with Crippen LogP contribution in [-0.2, 0) is 16.6 Å². The number of sulfonamides is 1. The lowest BCUT2D eigenvalue weighted by Crippen LogP contribution is -2.27. The van der Waals surface area contributed by atoms with E-state index in [2.05, 4.69) is 0 Å². The quantitative estimate of drug-likeness (QED) is 0.609. The second-order valence-electron chi connectivity index (χ2n) is 5.15. The van der Waals surface area contributed by atoms with Crippen LogP contribution >= 0.6 is 0 Å². The third kappa shape index (κ3) is 3.41. The maximum Gasteiger partial charge on any atom is 0.273 e. The van der Waals surface area contributed by atoms with Gasteiger partial charge in [-0.1, -0.05) is 12.1 Å². The van der Waals surface area contributed by atoms with Gasteiger partial charge in [-0.15, -0.1) is 0 Å². The summed E-state index contributed by atoms with van der Waals surface area (Å²) in [6.45, 7) is 0.994. The zero-order valence-corrected chi connectivity index (χ0v) is 13.7. The van der Waals surface area contributed by atoms with E-state index in [1.54, 1.807) is 0 Å². The molecule has 0 heterocycles. The first-order valence-electron chi connectivity index (χ1n) is 6.79. The predicted octanol–water partition coefficient (Wildman–Crippen LogP) is 3.00. The highest BCUT2D eigenvalue weighted by Gasteiger charge is 2.27. The van der Waals surface area contributed by atoms with Crippen molar-refractivity contribution in [2.75, 3.05) is 7.05 Å². The van der Waals surface area contributed by atoms with Gasteiger partial charge in [0.15, 0.2) is 0 Å². The number of hydrogen-bond donors (Lipinski definition) is 0. The van der Waals surface area contributed by atoms with E-state index in [1.807, 2.05) is 0 Å². The van der Waals surface area contributed by atoms with Crippen LogP contribution in [0.3, 0.4) is 0 Å². The number of benzene rings is 2. The van der Waals surface area contributed by atoms with E-state index in [4.69, 9.17) is 0 Å². The summed E-state index contributed by atoms with van der Waals surface area (Å²) in [4.78, 5) is 10.0. The van der Waals surface area contributed by atoms with E-state index in [9.17, 15) is 27.3 Å². The van der Waals surface area contributed by atoms with E-state index >= 15 is 0 Å². The molecular weight excluding hydrogens is 342 g/mol. The lowest BCUT2D eigenvalue weighted by molar-refractivity contribution is -0.385. The zero-order valence-electron chi connectivity index (χ0n) is 12.9. The monoisotopic (exact) mass is 356 g/mol. The molecule has 0 fully saturated rings. The van der Waals surface area contributed by atoms with Crippen LogP contribution < -0.4 is 0 Å². The normalized spacial score (nSPS) is 11.7. The smallest absolute Gasteiger partial charge is 0.258 e. The summed E-state index contributed by atoms with van der Waals surface area (Å²) in [6, 6.07) is 6.55. The third-order valence-corrected chi connectivity index (χ3v) is 5.50. The van der Waals surface area contributed by atoms with E-state index in [0.717, 1.165) is 16.4 Å². The molecule has 128 valence electrons. The van der Waals surface area contributed by atoms with Gasteiger partial charge in [-0.05, 0) is 19.1 Å². The molecule has 24 heavy (non-hydrogen) atoms. The molecular formula is C15H14F2N2O4S. The summed E-state index contributed by atoms with van der Waals surface area (Å²) < 4.78 is 52.7. The van der Waals surface area contributed by atoms with Gasteiger partial charge in [0.2, 0.25) is 10.0 Å². The molecule has 0 aliphatic rings. The molecule has 0 spiro atoms. The maximum absolute atomic E-state index is 13.7. The van der Waals surface area contributed by atoms with Crippen LogP contribution in [0.25, 0.3) is 0 Å². The first kappa shape index (κ1) is 18.0. The van der Waals surface area contributed by atoms with E-state index in [1.165, 1.54) is 32.2 Å². The summed E-state index contributed by atoms with van der Waals surface area (Å²) in [5, 5.41) is 11.0. The molecule has 0 saturated carbocycles. The predicted molar refractivity (Wildman–Crippen MR) is 82.8 cm³/mol. The largest absolute Gasteiger partial charge is 0.273 e. The highest BCUT2D eigenvalue weighted by Crippen LogP contribution is 2.27. The van der Waals surface area contributed by atoms with Gasteiger partial charge in [-0.3, -0.25) is 10.1 Å². The van der Waals surface area contributed by atoms with Crippen LogP contribution in [0.15, 0.2) is 41.3 Å². The Morgan fingerprint density at radius 1 is 1.21 bits per heavy atom. The van der Waals surface area contributed by atoms with Crippen molar-refractivity contribution in [1.82, 2.24) is 4.31 Å². The number of nitrogens with zero attached hydrogens (tertiary/aromatic N) is 2. The second-order valence-corrected chi connectivity index (χ2v) is 7.17. The zero-order chi connectivity index (χ0) is 18.1. The van der Waals surface area contributed by atoms with Gasteiger partial charge in [0.05, 0.1) is 9.82 Å². The van der Waals surface area contributed by atoms with Crippen molar-refractivity contribution in [2.45, 2.75) is 18.4 Å². The Bertz CT molecular complexity index is 900. The second kappa shape index (κ2) is 6.62. The van der Waals surface area contributed by atoms with Crippen LogP contribution in [-0.4, -0.2) is 24.7 Å². The highest BCUT2D eigenvalue weighted by molar-refractivity contribution is 7.89. The average Bonchev–Trinajstić information content (AvgIpc) is 2.49. The molecule has 9 heteroatoms. The van der Waals surface area contributed by atoms with Gasteiger partial charge in [0.25, 0.3) is 5.69 Å². The Labute approximate surface area is 137 Å². The van der Waals surface area contributed by atoms with Gasteiger partial charge < -0.3 is 0 Å². The molecule has 0 aromatic heterocycles. The molecule has 0 radical (unpaired) electrons.